The van der Waals surface area contributed by atoms with Gasteiger partial charge in [-0.1, -0.05) is 12.1 Å². The molecule has 0 aliphatic rings. The maximum absolute atomic E-state index is 12.2. The normalized spacial score (nSPS) is 10.8. The zero-order valence-corrected chi connectivity index (χ0v) is 12.0. The minimum absolute atomic E-state index is 0.285. The van der Waals surface area contributed by atoms with Gasteiger partial charge < -0.3 is 16.2 Å². The number of anilines is 2. The van der Waals surface area contributed by atoms with Crippen LogP contribution in [0.5, 0.6) is 0 Å². The number of ether oxygens (including phenoxy) is 1. The zero-order valence-electron chi connectivity index (χ0n) is 12.0. The van der Waals surface area contributed by atoms with Crippen LogP contribution in [-0.4, -0.2) is 27.2 Å². The first kappa shape index (κ1) is 13.9. The van der Waals surface area contributed by atoms with E-state index >= 15 is 0 Å². The average molecular weight is 297 g/mol. The lowest BCUT2D eigenvalue weighted by Gasteiger charge is -2.06. The van der Waals surface area contributed by atoms with Crippen LogP contribution in [0.1, 0.15) is 17.3 Å². The summed E-state index contributed by atoms with van der Waals surface area (Å²) in [4.78, 5) is 16.2. The first-order valence-corrected chi connectivity index (χ1v) is 6.76. The fourth-order valence-corrected chi connectivity index (χ4v) is 2.34. The maximum Gasteiger partial charge on any atom is 0.340 e. The second-order valence-corrected chi connectivity index (χ2v) is 4.70. The molecule has 0 fully saturated rings. The van der Waals surface area contributed by atoms with Crippen molar-refractivity contribution in [1.29, 1.82) is 0 Å². The van der Waals surface area contributed by atoms with E-state index in [0.29, 0.717) is 22.3 Å². The lowest BCUT2D eigenvalue weighted by Crippen LogP contribution is -2.04. The van der Waals surface area contributed by atoms with Crippen LogP contribution in [0.3, 0.4) is 0 Å². The summed E-state index contributed by atoms with van der Waals surface area (Å²) in [6.45, 7) is 2.04. The van der Waals surface area contributed by atoms with Gasteiger partial charge >= 0.3 is 5.97 Å². The van der Waals surface area contributed by atoms with Crippen LogP contribution in [-0.2, 0) is 4.74 Å². The summed E-state index contributed by atoms with van der Waals surface area (Å²) in [5, 5.41) is 4.10. The van der Waals surface area contributed by atoms with Crippen molar-refractivity contribution in [2.75, 3.05) is 18.1 Å². The second-order valence-electron chi connectivity index (χ2n) is 4.70. The van der Waals surface area contributed by atoms with Gasteiger partial charge in [0.25, 0.3) is 0 Å². The van der Waals surface area contributed by atoms with Gasteiger partial charge in [0.1, 0.15) is 11.8 Å². The molecule has 0 aliphatic carbocycles. The molecule has 2 heterocycles. The molecule has 0 unspecified atom stereocenters. The Bertz CT molecular complexity index is 839. The number of nitrogen functional groups attached to an aromatic ring is 2. The molecule has 3 aromatic rings. The van der Waals surface area contributed by atoms with E-state index in [-0.39, 0.29) is 12.4 Å². The standard InChI is InChI=1S/C15H15N5O2/c1-2-22-15(21)11-7-20-13(14(17)18-8-19-20)12(11)9-3-5-10(16)6-4-9/h3-8H,2,16H2,1H3,(H2,17,18,19). The van der Waals surface area contributed by atoms with Gasteiger partial charge in [-0.05, 0) is 24.6 Å². The highest BCUT2D eigenvalue weighted by atomic mass is 16.5. The Morgan fingerprint density at radius 3 is 2.68 bits per heavy atom. The van der Waals surface area contributed by atoms with E-state index in [9.17, 15) is 4.79 Å². The molecule has 0 aliphatic heterocycles. The quantitative estimate of drug-likeness (QED) is 0.563. The molecule has 7 nitrogen and oxygen atoms in total. The Hall–Kier alpha value is -3.09. The molecule has 0 radical (unpaired) electrons. The Morgan fingerprint density at radius 2 is 2.00 bits per heavy atom. The predicted molar refractivity (Wildman–Crippen MR) is 83.2 cm³/mol. The summed E-state index contributed by atoms with van der Waals surface area (Å²) in [6.07, 6.45) is 2.93. The van der Waals surface area contributed by atoms with E-state index in [4.69, 9.17) is 16.2 Å². The van der Waals surface area contributed by atoms with Gasteiger partial charge in [0.05, 0.1) is 12.2 Å². The molecule has 0 atom stereocenters. The Kier molecular flexibility index (Phi) is 3.38. The largest absolute Gasteiger partial charge is 0.462 e. The number of hydrogen-bond donors (Lipinski definition) is 2. The number of hydrogen-bond acceptors (Lipinski definition) is 6. The lowest BCUT2D eigenvalue weighted by atomic mass is 10.0. The third-order valence-electron chi connectivity index (χ3n) is 3.30. The highest BCUT2D eigenvalue weighted by Gasteiger charge is 2.22. The molecule has 0 saturated carbocycles. The number of fused-ring (bicyclic) bond motifs is 1. The van der Waals surface area contributed by atoms with Crippen LogP contribution < -0.4 is 11.5 Å². The fraction of sp³-hybridized carbons (Fsp3) is 0.133. The predicted octanol–water partition coefficient (Wildman–Crippen LogP) is 1.74. The monoisotopic (exact) mass is 297 g/mol. The van der Waals surface area contributed by atoms with Crippen molar-refractivity contribution in [1.82, 2.24) is 14.6 Å². The van der Waals surface area contributed by atoms with Gasteiger partial charge in [-0.25, -0.2) is 14.3 Å². The minimum Gasteiger partial charge on any atom is -0.462 e. The van der Waals surface area contributed by atoms with Crippen molar-refractivity contribution in [2.24, 2.45) is 0 Å². The van der Waals surface area contributed by atoms with Gasteiger partial charge in [-0.2, -0.15) is 5.10 Å². The second kappa shape index (κ2) is 5.36. The van der Waals surface area contributed by atoms with Crippen molar-refractivity contribution < 1.29 is 9.53 Å². The highest BCUT2D eigenvalue weighted by Crippen LogP contribution is 2.33. The number of nitrogens with zero attached hydrogens (tertiary/aromatic N) is 3. The van der Waals surface area contributed by atoms with E-state index in [2.05, 4.69) is 10.1 Å². The topological polar surface area (TPSA) is 109 Å². The summed E-state index contributed by atoms with van der Waals surface area (Å²) in [5.41, 5.74) is 14.7. The Morgan fingerprint density at radius 1 is 1.27 bits per heavy atom. The van der Waals surface area contributed by atoms with Gasteiger partial charge in [-0.15, -0.1) is 0 Å². The van der Waals surface area contributed by atoms with Crippen molar-refractivity contribution in [3.8, 4) is 11.1 Å². The summed E-state index contributed by atoms with van der Waals surface area (Å²) >= 11 is 0. The Labute approximate surface area is 126 Å². The van der Waals surface area contributed by atoms with Crippen LogP contribution in [0.15, 0.2) is 36.8 Å². The molecule has 112 valence electrons. The van der Waals surface area contributed by atoms with E-state index < -0.39 is 5.97 Å². The number of benzene rings is 1. The zero-order chi connectivity index (χ0) is 15.7. The first-order valence-electron chi connectivity index (χ1n) is 6.76. The number of esters is 1. The van der Waals surface area contributed by atoms with E-state index in [1.165, 1.54) is 10.8 Å². The molecule has 1 aromatic carbocycles. The molecule has 3 rings (SSSR count). The van der Waals surface area contributed by atoms with E-state index in [1.54, 1.807) is 25.3 Å². The molecule has 0 spiro atoms. The number of nitrogens with two attached hydrogens (primary N) is 2. The molecule has 0 bridgehead atoms. The van der Waals surface area contributed by atoms with Crippen molar-refractivity contribution in [3.05, 3.63) is 42.4 Å². The van der Waals surface area contributed by atoms with E-state index in [0.717, 1.165) is 5.56 Å². The number of aromatic nitrogens is 3. The maximum atomic E-state index is 12.2. The third kappa shape index (κ3) is 2.22. The summed E-state index contributed by atoms with van der Waals surface area (Å²) in [6, 6.07) is 7.15. The lowest BCUT2D eigenvalue weighted by molar-refractivity contribution is 0.0527. The average Bonchev–Trinajstić information content (AvgIpc) is 2.89. The number of carbonyl (C=O) groups is 1. The van der Waals surface area contributed by atoms with E-state index in [1.807, 2.05) is 12.1 Å². The first-order chi connectivity index (χ1) is 10.6. The molecule has 4 N–H and O–H groups in total. The van der Waals surface area contributed by atoms with Crippen molar-refractivity contribution in [2.45, 2.75) is 6.92 Å². The van der Waals surface area contributed by atoms with Crippen LogP contribution in [0.2, 0.25) is 0 Å². The molecular weight excluding hydrogens is 282 g/mol. The molecule has 2 aromatic heterocycles. The van der Waals surface area contributed by atoms with Crippen LogP contribution in [0.25, 0.3) is 16.6 Å². The molecule has 0 saturated heterocycles. The molecule has 22 heavy (non-hydrogen) atoms. The minimum atomic E-state index is -0.431. The molecule has 7 heteroatoms. The van der Waals surface area contributed by atoms with Crippen molar-refractivity contribution in [3.63, 3.8) is 0 Å². The molecule has 0 amide bonds. The van der Waals surface area contributed by atoms with Crippen molar-refractivity contribution >= 4 is 23.0 Å². The summed E-state index contributed by atoms with van der Waals surface area (Å²) < 4.78 is 6.65. The van der Waals surface area contributed by atoms with Gasteiger partial charge in [-0.3, -0.25) is 0 Å². The van der Waals surface area contributed by atoms with Gasteiger partial charge in [0.2, 0.25) is 0 Å². The van der Waals surface area contributed by atoms with Crippen LogP contribution in [0, 0.1) is 0 Å². The summed E-state index contributed by atoms with van der Waals surface area (Å²) in [5.74, 6) is -0.142. The summed E-state index contributed by atoms with van der Waals surface area (Å²) in [7, 11) is 0. The van der Waals surface area contributed by atoms with Crippen LogP contribution >= 0.6 is 0 Å². The number of carbonyl (C=O) groups excluding carboxylic acids is 1. The van der Waals surface area contributed by atoms with Gasteiger partial charge in [0, 0.05) is 17.4 Å². The Balaban J connectivity index is 2.31. The number of rotatable bonds is 3. The highest BCUT2D eigenvalue weighted by molar-refractivity contribution is 6.04. The fourth-order valence-electron chi connectivity index (χ4n) is 2.34. The smallest absolute Gasteiger partial charge is 0.340 e. The molecular formula is C15H15N5O2. The van der Waals surface area contributed by atoms with Gasteiger partial charge in [0.15, 0.2) is 5.82 Å². The SMILES string of the molecule is CCOC(=O)c1cn2ncnc(N)c2c1-c1ccc(N)cc1. The third-order valence-corrected chi connectivity index (χ3v) is 3.30. The van der Waals surface area contributed by atoms with Crippen LogP contribution in [0.4, 0.5) is 11.5 Å².